The zero-order valence-electron chi connectivity index (χ0n) is 85.6. The second kappa shape index (κ2) is 57.4. The van der Waals surface area contributed by atoms with Gasteiger partial charge in [-0.3, -0.25) is 0 Å². The van der Waals surface area contributed by atoms with Crippen molar-refractivity contribution in [2.75, 3.05) is 0 Å². The number of hydrogen-bond donors (Lipinski definition) is 0. The monoisotopic (exact) mass is 2520 g/mol. The molecule has 0 atom stereocenters. The maximum atomic E-state index is 5.25. The van der Waals surface area contributed by atoms with Crippen LogP contribution in [-0.4, -0.2) is 44.9 Å². The summed E-state index contributed by atoms with van der Waals surface area (Å²) in [5.74, 6) is 0. The van der Waals surface area contributed by atoms with E-state index < -0.39 is 0 Å². The number of aryl methyl sites for hydroxylation is 8. The summed E-state index contributed by atoms with van der Waals surface area (Å²) in [4.78, 5) is 63.1. The molecule has 16 aromatic rings. The average Bonchev–Trinajstić information content (AvgIpc) is 1.61. The smallest absolute Gasteiger partial charge is 0.657 e. The number of pyridine rings is 5. The van der Waals surface area contributed by atoms with Gasteiger partial charge in [-0.2, -0.15) is 0 Å². The van der Waals surface area contributed by atoms with Crippen LogP contribution in [0.3, 0.4) is 0 Å². The van der Waals surface area contributed by atoms with E-state index in [4.69, 9.17) is 39.9 Å². The minimum absolute atomic E-state index is 0. The fourth-order valence-corrected chi connectivity index (χ4v) is 19.2. The van der Waals surface area contributed by atoms with E-state index in [0.717, 1.165) is 249 Å². The van der Waals surface area contributed by atoms with Gasteiger partial charge in [0.05, 0.1) is 45.6 Å². The van der Waals surface area contributed by atoms with Gasteiger partial charge in [-0.25, -0.2) is 19.9 Å². The van der Waals surface area contributed by atoms with Crippen LogP contribution < -0.4 is 19.9 Å². The van der Waals surface area contributed by atoms with Crippen LogP contribution in [0.4, 0.5) is 0 Å². The predicted molar refractivity (Wildman–Crippen MR) is 585 cm³/mol. The number of rotatable bonds is 21. The third kappa shape index (κ3) is 27.5. The molecule has 11 aromatic heterocycles. The summed E-state index contributed by atoms with van der Waals surface area (Å²) >= 11 is 0. The maximum absolute atomic E-state index is 5.25. The minimum Gasteiger partial charge on any atom is -0.657 e. The predicted octanol–water partition coefficient (Wildman–Crippen LogP) is 31.3. The Morgan fingerprint density at radius 2 is 0.312 bits per heavy atom. The second-order valence-corrected chi connectivity index (χ2v) is 34.0. The Kier molecular flexibility index (Phi) is 45.3. The quantitative estimate of drug-likeness (QED) is 0.0492. The van der Waals surface area contributed by atoms with Gasteiger partial charge in [0.25, 0.3) is 0 Å². The average molecular weight is 2520 g/mol. The van der Waals surface area contributed by atoms with Crippen LogP contribution in [0, 0.1) is 30.3 Å². The van der Waals surface area contributed by atoms with Crippen LogP contribution in [0.15, 0.2) is 292 Å². The normalized spacial score (nSPS) is 11.6. The summed E-state index contributed by atoms with van der Waals surface area (Å²) in [5.41, 5.74) is 48.3. The van der Waals surface area contributed by atoms with E-state index in [1.807, 2.05) is 212 Å². The van der Waals surface area contributed by atoms with Gasteiger partial charge in [0.1, 0.15) is 0 Å². The van der Waals surface area contributed by atoms with E-state index >= 15 is 0 Å². The second-order valence-electron chi connectivity index (χ2n) is 34.0. The van der Waals surface area contributed by atoms with Gasteiger partial charge in [-0.15, -0.1) is 224 Å². The molecule has 0 radical (unpaired) electrons. The van der Waals surface area contributed by atoms with Gasteiger partial charge >= 0.3 is 82.7 Å². The van der Waals surface area contributed by atoms with Crippen molar-refractivity contribution in [3.8, 4) is 56.3 Å². The molecule has 0 saturated heterocycles. The van der Waals surface area contributed by atoms with E-state index in [1.54, 1.807) is 31.0 Å². The molecule has 0 fully saturated rings. The summed E-state index contributed by atoms with van der Waals surface area (Å²) in [6, 6.07) is 102. The van der Waals surface area contributed by atoms with Gasteiger partial charge in [0.2, 0.25) is 0 Å². The number of fused-ring (bicyclic) bond motifs is 16. The molecule has 13 nitrogen and oxygen atoms in total. The Balaban J connectivity index is 0.000000186. The number of allylic oxidation sites excluding steroid dienone is 8. The van der Waals surface area contributed by atoms with Gasteiger partial charge < -0.3 is 44.9 Å². The molecule has 15 heterocycles. The standard InChI is InChI=1S/2C36H44N4.5C11H8N.3Pt.Rh/c2*1-9-21-22(10-2)30-18-32-25(13-5)26(14-6)34(39-32)20-36-28(16-8)27(15-7)35(40-36)19-33-24(12-4)23(11-3)31(38-33)17-29(21)37-30;5*1-2-6-10(7-3-1)11-8-4-5-9-12-11;;;;/h2*17-20H,9-16H2,1-8H3;5*1-6,8-9H;;;;/q2*-2;5*-1;3*+2;+3. The van der Waals surface area contributed by atoms with Gasteiger partial charge in [-0.1, -0.05) is 264 Å². The van der Waals surface area contributed by atoms with Crippen LogP contribution in [-0.2, 0) is 134 Å². The molecule has 0 unspecified atom stereocenters. The molecule has 16 bridgehead atoms. The zero-order valence-corrected chi connectivity index (χ0v) is 94.1. The maximum Gasteiger partial charge on any atom is 3.00 e. The van der Waals surface area contributed by atoms with E-state index in [2.05, 4.69) is 215 Å². The molecule has 0 aliphatic carbocycles. The molecule has 17 heteroatoms. The molecule has 0 saturated carbocycles. The topological polar surface area (TPSA) is 172 Å². The Labute approximate surface area is 910 Å². The summed E-state index contributed by atoms with van der Waals surface area (Å²) in [6.45, 7) is 35.9. The minimum atomic E-state index is 0. The molecule has 0 spiro atoms. The SMILES string of the molecule is CCC1=C(CC)c2cc3[n-]c(cc4nc(cc5[n-]c(cc1n2)c(CC)c5CC)C(CC)=C4CC)c(CC)c3CC.CCC1=C(CC)c2cc3[n-]c(cc4nc(cc5[n-]c(cc1n2)c(CC)c5CC)C(CC)=C4CC)c(CC)c3CC.[Pt+2].[Pt+2].[Pt+2].[Rh+3].[c-]1ccccc1-c1ccccn1.[c-]1ccccc1-c1ccccn1.[c-]1ccccc1-c1ccccn1.[c-]1ccccc1-c1ccccn1.[c-]1ccccc1-c1ccccn1. The van der Waals surface area contributed by atoms with Crippen LogP contribution in [0.2, 0.25) is 0 Å². The Hall–Kier alpha value is -12.3. The summed E-state index contributed by atoms with van der Waals surface area (Å²) in [7, 11) is 0. The fourth-order valence-electron chi connectivity index (χ4n) is 19.2. The van der Waals surface area contributed by atoms with Crippen LogP contribution in [0.1, 0.15) is 252 Å². The largest absolute Gasteiger partial charge is 3.00 e. The van der Waals surface area contributed by atoms with E-state index in [-0.39, 0.29) is 82.7 Å². The number of hydrogen-bond acceptors (Lipinski definition) is 9. The first kappa shape index (κ1) is 114. The van der Waals surface area contributed by atoms with Crippen molar-refractivity contribution < 1.29 is 82.7 Å². The number of nitrogens with zero attached hydrogens (tertiary/aromatic N) is 13. The number of aromatic nitrogens is 13. The molecule has 5 aromatic carbocycles. The van der Waals surface area contributed by atoms with Crippen molar-refractivity contribution in [3.63, 3.8) is 0 Å². The van der Waals surface area contributed by atoms with Crippen molar-refractivity contribution in [3.05, 3.63) is 412 Å². The first-order valence-electron chi connectivity index (χ1n) is 50.4. The zero-order chi connectivity index (χ0) is 98.2. The fraction of sp³-hybridized carbons (Fsp3) is 0.252. The van der Waals surface area contributed by atoms with Crippen LogP contribution in [0.5, 0.6) is 0 Å². The summed E-state index contributed by atoms with van der Waals surface area (Å²) in [5, 5.41) is 0. The summed E-state index contributed by atoms with van der Waals surface area (Å²) in [6.07, 6.45) is 24.1. The van der Waals surface area contributed by atoms with E-state index in [0.29, 0.717) is 0 Å². The summed E-state index contributed by atoms with van der Waals surface area (Å²) < 4.78 is 0. The molecular formula is C127H128N13Pt3Rh. The van der Waals surface area contributed by atoms with Gasteiger partial charge in [0.15, 0.2) is 0 Å². The molecular weight excluding hydrogens is 2400 g/mol. The van der Waals surface area contributed by atoms with Crippen molar-refractivity contribution in [2.45, 2.75) is 214 Å². The van der Waals surface area contributed by atoms with Crippen molar-refractivity contribution in [2.24, 2.45) is 0 Å². The third-order valence-electron chi connectivity index (χ3n) is 25.9. The van der Waals surface area contributed by atoms with E-state index in [1.165, 1.54) is 89.1 Å². The van der Waals surface area contributed by atoms with Gasteiger partial charge in [-0.05, 0) is 206 Å². The molecule has 0 amide bonds. The van der Waals surface area contributed by atoms with Crippen LogP contribution >= 0.6 is 0 Å². The number of benzene rings is 5. The third-order valence-corrected chi connectivity index (χ3v) is 25.9. The first-order chi connectivity index (χ1) is 68.7. The van der Waals surface area contributed by atoms with Crippen molar-refractivity contribution in [1.82, 2.24) is 64.8 Å². The molecule has 0 N–H and O–H groups in total. The van der Waals surface area contributed by atoms with Crippen molar-refractivity contribution >= 4 is 88.7 Å². The molecule has 4 aliphatic rings. The van der Waals surface area contributed by atoms with Gasteiger partial charge in [0, 0.05) is 31.0 Å². The molecule has 4 aliphatic heterocycles. The molecule has 740 valence electrons. The molecule has 144 heavy (non-hydrogen) atoms. The first-order valence-corrected chi connectivity index (χ1v) is 50.4. The Morgan fingerprint density at radius 3 is 0.417 bits per heavy atom. The Morgan fingerprint density at radius 1 is 0.174 bits per heavy atom. The van der Waals surface area contributed by atoms with E-state index in [9.17, 15) is 0 Å². The van der Waals surface area contributed by atoms with Crippen molar-refractivity contribution in [1.29, 1.82) is 0 Å². The molecule has 20 rings (SSSR count). The van der Waals surface area contributed by atoms with Crippen LogP contribution in [0.25, 0.3) is 145 Å². The Bertz CT molecular complexity index is 5960.